The van der Waals surface area contributed by atoms with Crippen molar-refractivity contribution in [3.05, 3.63) is 77.1 Å². The Bertz CT molecular complexity index is 865. The lowest BCUT2D eigenvalue weighted by molar-refractivity contribution is 0.102. The quantitative estimate of drug-likeness (QED) is 0.793. The molecule has 3 aromatic rings. The summed E-state index contributed by atoms with van der Waals surface area (Å²) < 4.78 is 1.85. The highest BCUT2D eigenvalue weighted by Crippen LogP contribution is 2.22. The number of hydrogen-bond acceptors (Lipinski definition) is 2. The van der Waals surface area contributed by atoms with Crippen molar-refractivity contribution < 1.29 is 4.79 Å². The van der Waals surface area contributed by atoms with E-state index in [1.165, 1.54) is 0 Å². The highest BCUT2D eigenvalue weighted by molar-refractivity contribution is 6.05. The molecule has 3 rings (SSSR count). The van der Waals surface area contributed by atoms with Crippen LogP contribution in [0.1, 0.15) is 27.3 Å². The molecule has 0 aliphatic heterocycles. The zero-order chi connectivity index (χ0) is 16.4. The van der Waals surface area contributed by atoms with Crippen LogP contribution in [0.15, 0.2) is 54.6 Å². The van der Waals surface area contributed by atoms with Crippen LogP contribution in [0.4, 0.5) is 5.69 Å². The van der Waals surface area contributed by atoms with E-state index in [1.54, 1.807) is 0 Å². The van der Waals surface area contributed by atoms with E-state index in [-0.39, 0.29) is 5.91 Å². The Morgan fingerprint density at radius 3 is 2.48 bits per heavy atom. The van der Waals surface area contributed by atoms with Crippen LogP contribution in [0.3, 0.4) is 0 Å². The van der Waals surface area contributed by atoms with Crippen molar-refractivity contribution in [1.29, 1.82) is 0 Å². The average molecular weight is 305 g/mol. The Labute approximate surface area is 135 Å². The Morgan fingerprint density at radius 1 is 1.00 bits per heavy atom. The number of benzene rings is 2. The van der Waals surface area contributed by atoms with E-state index in [2.05, 4.69) is 10.4 Å². The Hall–Kier alpha value is -2.88. The smallest absolute Gasteiger partial charge is 0.255 e. The van der Waals surface area contributed by atoms with E-state index in [1.807, 2.05) is 80.1 Å². The molecule has 1 N–H and O–H groups in total. The summed E-state index contributed by atoms with van der Waals surface area (Å²) in [6, 6.07) is 17.2. The molecule has 1 amide bonds. The van der Waals surface area contributed by atoms with Gasteiger partial charge in [0.1, 0.15) is 0 Å². The van der Waals surface area contributed by atoms with Crippen LogP contribution >= 0.6 is 0 Å². The third-order valence-corrected chi connectivity index (χ3v) is 3.67. The van der Waals surface area contributed by atoms with Crippen molar-refractivity contribution in [3.63, 3.8) is 0 Å². The highest BCUT2D eigenvalue weighted by Gasteiger charge is 2.12. The van der Waals surface area contributed by atoms with Crippen molar-refractivity contribution >= 4 is 11.6 Å². The molecule has 23 heavy (non-hydrogen) atoms. The summed E-state index contributed by atoms with van der Waals surface area (Å²) in [7, 11) is 0. The first-order chi connectivity index (χ1) is 11.0. The van der Waals surface area contributed by atoms with Crippen LogP contribution in [0.5, 0.6) is 0 Å². The molecule has 0 aliphatic rings. The minimum Gasteiger partial charge on any atom is -0.320 e. The van der Waals surface area contributed by atoms with Crippen LogP contribution < -0.4 is 5.32 Å². The van der Waals surface area contributed by atoms with E-state index in [9.17, 15) is 4.79 Å². The van der Waals surface area contributed by atoms with Gasteiger partial charge >= 0.3 is 0 Å². The number of nitrogens with zero attached hydrogens (tertiary/aromatic N) is 2. The van der Waals surface area contributed by atoms with Crippen LogP contribution in [0.2, 0.25) is 0 Å². The van der Waals surface area contributed by atoms with Gasteiger partial charge in [0.2, 0.25) is 0 Å². The van der Waals surface area contributed by atoms with Gasteiger partial charge in [-0.15, -0.1) is 0 Å². The summed E-state index contributed by atoms with van der Waals surface area (Å²) in [6.45, 7) is 5.93. The molecule has 4 heteroatoms. The summed E-state index contributed by atoms with van der Waals surface area (Å²) in [5, 5.41) is 7.49. The number of aromatic nitrogens is 2. The number of nitrogens with one attached hydrogen (secondary N) is 1. The fourth-order valence-corrected chi connectivity index (χ4v) is 2.62. The molecule has 2 aromatic carbocycles. The number of amides is 1. The number of hydrogen-bond donors (Lipinski definition) is 1. The standard InChI is InChI=1S/C19H19N3O/c1-13-7-6-8-16(11-13)19(23)20-17-9-4-5-10-18(17)22-15(3)12-14(2)21-22/h4-12H,1-3H3,(H,20,23). The maximum Gasteiger partial charge on any atom is 0.255 e. The highest BCUT2D eigenvalue weighted by atomic mass is 16.1. The van der Waals surface area contributed by atoms with Crippen LogP contribution in [-0.2, 0) is 0 Å². The molecular formula is C19H19N3O. The molecule has 4 nitrogen and oxygen atoms in total. The molecule has 116 valence electrons. The molecule has 0 radical (unpaired) electrons. The van der Waals surface area contributed by atoms with Gasteiger partial charge in [0, 0.05) is 11.3 Å². The van der Waals surface area contributed by atoms with E-state index in [4.69, 9.17) is 0 Å². The lowest BCUT2D eigenvalue weighted by atomic mass is 10.1. The maximum absolute atomic E-state index is 12.5. The first-order valence-electron chi connectivity index (χ1n) is 7.55. The fraction of sp³-hybridized carbons (Fsp3) is 0.158. The third-order valence-electron chi connectivity index (χ3n) is 3.67. The summed E-state index contributed by atoms with van der Waals surface area (Å²) in [5.74, 6) is -0.123. The molecule has 0 unspecified atom stereocenters. The minimum atomic E-state index is -0.123. The largest absolute Gasteiger partial charge is 0.320 e. The Morgan fingerprint density at radius 2 is 1.78 bits per heavy atom. The number of para-hydroxylation sites is 2. The average Bonchev–Trinajstić information content (AvgIpc) is 2.86. The number of carbonyl (C=O) groups is 1. The molecule has 1 aromatic heterocycles. The van der Waals surface area contributed by atoms with Crippen LogP contribution in [0.25, 0.3) is 5.69 Å². The molecule has 0 saturated heterocycles. The Balaban J connectivity index is 1.95. The summed E-state index contributed by atoms with van der Waals surface area (Å²) in [4.78, 5) is 12.5. The monoisotopic (exact) mass is 305 g/mol. The molecule has 0 aliphatic carbocycles. The van der Waals surface area contributed by atoms with E-state index in [0.29, 0.717) is 5.56 Å². The predicted molar refractivity (Wildman–Crippen MR) is 92.2 cm³/mol. The first-order valence-corrected chi connectivity index (χ1v) is 7.55. The van der Waals surface area contributed by atoms with Gasteiger partial charge in [-0.3, -0.25) is 4.79 Å². The maximum atomic E-state index is 12.5. The van der Waals surface area contributed by atoms with Gasteiger partial charge in [0.15, 0.2) is 0 Å². The van der Waals surface area contributed by atoms with Gasteiger partial charge in [-0.1, -0.05) is 29.8 Å². The zero-order valence-electron chi connectivity index (χ0n) is 13.5. The number of rotatable bonds is 3. The summed E-state index contributed by atoms with van der Waals surface area (Å²) in [6.07, 6.45) is 0. The first kappa shape index (κ1) is 15.0. The van der Waals surface area contributed by atoms with Crippen molar-refractivity contribution in [3.8, 4) is 5.69 Å². The number of anilines is 1. The molecular weight excluding hydrogens is 286 g/mol. The third kappa shape index (κ3) is 3.16. The number of aryl methyl sites for hydroxylation is 3. The molecule has 0 bridgehead atoms. The number of carbonyl (C=O) groups excluding carboxylic acids is 1. The molecule has 0 atom stereocenters. The van der Waals surface area contributed by atoms with Gasteiger partial charge in [0.05, 0.1) is 17.1 Å². The lowest BCUT2D eigenvalue weighted by Gasteiger charge is -2.12. The summed E-state index contributed by atoms with van der Waals surface area (Å²) >= 11 is 0. The van der Waals surface area contributed by atoms with Crippen molar-refractivity contribution in [1.82, 2.24) is 9.78 Å². The normalized spacial score (nSPS) is 10.6. The minimum absolute atomic E-state index is 0.123. The lowest BCUT2D eigenvalue weighted by Crippen LogP contribution is -2.14. The van der Waals surface area contributed by atoms with Gasteiger partial charge in [-0.2, -0.15) is 5.10 Å². The van der Waals surface area contributed by atoms with Crippen LogP contribution in [0, 0.1) is 20.8 Å². The molecule has 0 spiro atoms. The van der Waals surface area contributed by atoms with Gasteiger partial charge in [-0.05, 0) is 51.1 Å². The molecule has 1 heterocycles. The second kappa shape index (κ2) is 6.08. The van der Waals surface area contributed by atoms with Crippen molar-refractivity contribution in [2.24, 2.45) is 0 Å². The van der Waals surface area contributed by atoms with Crippen LogP contribution in [-0.4, -0.2) is 15.7 Å². The fourth-order valence-electron chi connectivity index (χ4n) is 2.62. The van der Waals surface area contributed by atoms with Crippen molar-refractivity contribution in [2.45, 2.75) is 20.8 Å². The topological polar surface area (TPSA) is 46.9 Å². The van der Waals surface area contributed by atoms with Gasteiger partial charge < -0.3 is 5.32 Å². The SMILES string of the molecule is Cc1cccc(C(=O)Nc2ccccc2-n2nc(C)cc2C)c1. The van der Waals surface area contributed by atoms with Gasteiger partial charge in [0.25, 0.3) is 5.91 Å². The zero-order valence-corrected chi connectivity index (χ0v) is 13.5. The van der Waals surface area contributed by atoms with Gasteiger partial charge in [-0.25, -0.2) is 4.68 Å². The molecule has 0 fully saturated rings. The van der Waals surface area contributed by atoms with E-state index >= 15 is 0 Å². The Kier molecular flexibility index (Phi) is 3.98. The van der Waals surface area contributed by atoms with E-state index < -0.39 is 0 Å². The summed E-state index contributed by atoms with van der Waals surface area (Å²) in [5.41, 5.74) is 5.28. The predicted octanol–water partition coefficient (Wildman–Crippen LogP) is 4.05. The van der Waals surface area contributed by atoms with E-state index in [0.717, 1.165) is 28.3 Å². The second-order valence-electron chi connectivity index (χ2n) is 5.68. The molecule has 0 saturated carbocycles. The second-order valence-corrected chi connectivity index (χ2v) is 5.68. The van der Waals surface area contributed by atoms with Crippen molar-refractivity contribution in [2.75, 3.05) is 5.32 Å².